The fourth-order valence-corrected chi connectivity index (χ4v) is 3.39. The molecular formula is C13H15BrClN5. The predicted molar refractivity (Wildman–Crippen MR) is 81.4 cm³/mol. The number of rotatable bonds is 3. The van der Waals surface area contributed by atoms with Gasteiger partial charge < -0.3 is 10.3 Å². The van der Waals surface area contributed by atoms with Crippen molar-refractivity contribution in [3.8, 4) is 0 Å². The maximum absolute atomic E-state index is 6.36. The molecule has 0 amide bonds. The fourth-order valence-electron chi connectivity index (χ4n) is 2.60. The predicted octanol–water partition coefficient (Wildman–Crippen LogP) is 2.21. The summed E-state index contributed by atoms with van der Waals surface area (Å²) >= 11 is 9.78. The van der Waals surface area contributed by atoms with Crippen LogP contribution in [0, 0.1) is 0 Å². The summed E-state index contributed by atoms with van der Waals surface area (Å²) in [6.45, 7) is 3.07. The Morgan fingerprint density at radius 3 is 3.00 bits per heavy atom. The highest BCUT2D eigenvalue weighted by atomic mass is 79.9. The zero-order chi connectivity index (χ0) is 14.1. The largest absolute Gasteiger partial charge is 0.329 e. The molecule has 20 heavy (non-hydrogen) atoms. The first-order chi connectivity index (χ1) is 9.69. The monoisotopic (exact) mass is 355 g/mol. The van der Waals surface area contributed by atoms with Gasteiger partial charge >= 0.3 is 0 Å². The summed E-state index contributed by atoms with van der Waals surface area (Å²) in [6, 6.07) is 6.03. The van der Waals surface area contributed by atoms with Crippen LogP contribution in [-0.2, 0) is 13.1 Å². The van der Waals surface area contributed by atoms with Crippen LogP contribution >= 0.6 is 27.5 Å². The molecule has 2 aromatic rings. The van der Waals surface area contributed by atoms with Gasteiger partial charge in [-0.25, -0.2) is 0 Å². The van der Waals surface area contributed by atoms with Crippen molar-refractivity contribution in [2.75, 3.05) is 13.1 Å². The lowest BCUT2D eigenvalue weighted by Crippen LogP contribution is -2.39. The second-order valence-electron chi connectivity index (χ2n) is 4.83. The van der Waals surface area contributed by atoms with Crippen molar-refractivity contribution in [1.82, 2.24) is 19.7 Å². The van der Waals surface area contributed by atoms with Crippen LogP contribution in [0.5, 0.6) is 0 Å². The minimum absolute atomic E-state index is 0.0982. The van der Waals surface area contributed by atoms with Gasteiger partial charge in [-0.2, -0.15) is 0 Å². The zero-order valence-corrected chi connectivity index (χ0v) is 13.2. The van der Waals surface area contributed by atoms with Gasteiger partial charge in [0.15, 0.2) is 0 Å². The lowest BCUT2D eigenvalue weighted by atomic mass is 10.0. The van der Waals surface area contributed by atoms with Gasteiger partial charge in [0.1, 0.15) is 12.2 Å². The average Bonchev–Trinajstić information content (AvgIpc) is 2.89. The Morgan fingerprint density at radius 1 is 1.40 bits per heavy atom. The number of hydrogen-bond acceptors (Lipinski definition) is 4. The molecule has 1 atom stereocenters. The zero-order valence-electron chi connectivity index (χ0n) is 10.8. The number of nitrogens with two attached hydrogens (primary N) is 1. The summed E-state index contributed by atoms with van der Waals surface area (Å²) in [4.78, 5) is 2.30. The number of aromatic nitrogens is 3. The lowest BCUT2D eigenvalue weighted by molar-refractivity contribution is 0.156. The van der Waals surface area contributed by atoms with Crippen LogP contribution in [0.1, 0.15) is 17.4 Å². The molecule has 1 aliphatic heterocycles. The standard InChI is InChI=1S/C13H15BrClN5/c14-9-1-2-10(11(15)5-9)12(6-16)19-3-4-20-8-17-18-13(20)7-19/h1-2,5,8,12H,3-4,6-7,16H2. The van der Waals surface area contributed by atoms with E-state index in [1.54, 1.807) is 6.33 Å². The molecule has 3 rings (SSSR count). The van der Waals surface area contributed by atoms with Crippen molar-refractivity contribution >= 4 is 27.5 Å². The van der Waals surface area contributed by atoms with Crippen molar-refractivity contribution in [2.24, 2.45) is 5.73 Å². The van der Waals surface area contributed by atoms with E-state index >= 15 is 0 Å². The summed E-state index contributed by atoms with van der Waals surface area (Å²) in [6.07, 6.45) is 1.77. The third kappa shape index (κ3) is 2.61. The first kappa shape index (κ1) is 14.0. The summed E-state index contributed by atoms with van der Waals surface area (Å²) < 4.78 is 3.05. The maximum atomic E-state index is 6.36. The molecule has 106 valence electrons. The Hall–Kier alpha value is -0.950. The molecule has 0 radical (unpaired) electrons. The van der Waals surface area contributed by atoms with Gasteiger partial charge in [0, 0.05) is 35.2 Å². The molecular weight excluding hydrogens is 342 g/mol. The van der Waals surface area contributed by atoms with Crippen LogP contribution in [0.4, 0.5) is 0 Å². The molecule has 0 saturated carbocycles. The topological polar surface area (TPSA) is 60.0 Å². The second-order valence-corrected chi connectivity index (χ2v) is 6.15. The molecule has 0 saturated heterocycles. The highest BCUT2D eigenvalue weighted by Crippen LogP contribution is 2.31. The van der Waals surface area contributed by atoms with E-state index in [9.17, 15) is 0 Å². The molecule has 5 nitrogen and oxygen atoms in total. The first-order valence-corrected chi connectivity index (χ1v) is 7.62. The van der Waals surface area contributed by atoms with Gasteiger partial charge in [0.25, 0.3) is 0 Å². The van der Waals surface area contributed by atoms with Gasteiger partial charge in [-0.3, -0.25) is 4.90 Å². The number of fused-ring (bicyclic) bond motifs is 1. The second kappa shape index (κ2) is 5.81. The Balaban J connectivity index is 1.87. The van der Waals surface area contributed by atoms with E-state index < -0.39 is 0 Å². The number of hydrogen-bond donors (Lipinski definition) is 1. The van der Waals surface area contributed by atoms with Crippen molar-refractivity contribution in [2.45, 2.75) is 19.1 Å². The Labute approximate surface area is 130 Å². The van der Waals surface area contributed by atoms with Crippen LogP contribution in [-0.4, -0.2) is 32.8 Å². The minimum atomic E-state index is 0.0982. The molecule has 2 heterocycles. The molecule has 0 spiro atoms. The Morgan fingerprint density at radius 2 is 2.25 bits per heavy atom. The summed E-state index contributed by atoms with van der Waals surface area (Å²) in [5, 5.41) is 8.83. The number of halogens is 2. The summed E-state index contributed by atoms with van der Waals surface area (Å²) in [5.74, 6) is 0.975. The normalized spacial score (nSPS) is 16.9. The van der Waals surface area contributed by atoms with Gasteiger partial charge in [-0.15, -0.1) is 10.2 Å². The molecule has 1 unspecified atom stereocenters. The van der Waals surface area contributed by atoms with E-state index in [-0.39, 0.29) is 6.04 Å². The smallest absolute Gasteiger partial charge is 0.147 e. The van der Waals surface area contributed by atoms with E-state index in [0.717, 1.165) is 40.5 Å². The van der Waals surface area contributed by atoms with Crippen LogP contribution in [0.15, 0.2) is 29.0 Å². The van der Waals surface area contributed by atoms with E-state index in [0.29, 0.717) is 6.54 Å². The van der Waals surface area contributed by atoms with E-state index in [4.69, 9.17) is 17.3 Å². The van der Waals surface area contributed by atoms with E-state index in [1.807, 2.05) is 18.2 Å². The van der Waals surface area contributed by atoms with Gasteiger partial charge in [-0.1, -0.05) is 33.6 Å². The number of benzene rings is 1. The number of nitrogens with zero attached hydrogens (tertiary/aromatic N) is 4. The highest BCUT2D eigenvalue weighted by molar-refractivity contribution is 9.10. The van der Waals surface area contributed by atoms with Crippen molar-refractivity contribution < 1.29 is 0 Å². The lowest BCUT2D eigenvalue weighted by Gasteiger charge is -2.34. The third-order valence-corrected chi connectivity index (χ3v) is 4.47. The quantitative estimate of drug-likeness (QED) is 0.916. The molecule has 0 fully saturated rings. The Bertz CT molecular complexity index is 615. The minimum Gasteiger partial charge on any atom is -0.329 e. The van der Waals surface area contributed by atoms with Crippen LogP contribution < -0.4 is 5.73 Å². The SMILES string of the molecule is NCC(c1ccc(Br)cc1Cl)N1CCn2cnnc2C1. The van der Waals surface area contributed by atoms with E-state index in [2.05, 4.69) is 35.6 Å². The van der Waals surface area contributed by atoms with Crippen molar-refractivity contribution in [1.29, 1.82) is 0 Å². The fraction of sp³-hybridized carbons (Fsp3) is 0.385. The molecule has 0 bridgehead atoms. The molecule has 1 aromatic carbocycles. The van der Waals surface area contributed by atoms with Crippen molar-refractivity contribution in [3.05, 3.63) is 45.4 Å². The van der Waals surface area contributed by atoms with E-state index in [1.165, 1.54) is 0 Å². The van der Waals surface area contributed by atoms with Crippen LogP contribution in [0.25, 0.3) is 0 Å². The molecule has 0 aliphatic carbocycles. The van der Waals surface area contributed by atoms with Crippen molar-refractivity contribution in [3.63, 3.8) is 0 Å². The van der Waals surface area contributed by atoms with Gasteiger partial charge in [0.2, 0.25) is 0 Å². The van der Waals surface area contributed by atoms with Gasteiger partial charge in [-0.05, 0) is 17.7 Å². The van der Waals surface area contributed by atoms with Gasteiger partial charge in [0.05, 0.1) is 6.54 Å². The molecule has 1 aromatic heterocycles. The molecule has 1 aliphatic rings. The first-order valence-electron chi connectivity index (χ1n) is 6.45. The molecule has 2 N–H and O–H groups in total. The maximum Gasteiger partial charge on any atom is 0.147 e. The molecule has 7 heteroatoms. The third-order valence-electron chi connectivity index (χ3n) is 3.65. The van der Waals surface area contributed by atoms with Crippen LogP contribution in [0.2, 0.25) is 5.02 Å². The van der Waals surface area contributed by atoms with Crippen LogP contribution in [0.3, 0.4) is 0 Å². The summed E-state index contributed by atoms with van der Waals surface area (Å²) in [5.41, 5.74) is 7.04. The Kier molecular flexibility index (Phi) is 4.07. The summed E-state index contributed by atoms with van der Waals surface area (Å²) in [7, 11) is 0. The average molecular weight is 357 g/mol. The highest BCUT2D eigenvalue weighted by Gasteiger charge is 2.26.